The van der Waals surface area contributed by atoms with Crippen LogP contribution >= 0.6 is 0 Å². The highest BCUT2D eigenvalue weighted by Crippen LogP contribution is 2.32. The van der Waals surface area contributed by atoms with E-state index in [4.69, 9.17) is 9.47 Å². The average molecular weight is 310 g/mol. The van der Waals surface area contributed by atoms with Crippen LogP contribution in [0.25, 0.3) is 0 Å². The van der Waals surface area contributed by atoms with Crippen molar-refractivity contribution in [2.45, 2.75) is 32.4 Å². The fraction of sp³-hybridized carbons (Fsp3) is 0.368. The molecule has 0 amide bonds. The number of ether oxygens (including phenoxy) is 2. The second-order valence-electron chi connectivity index (χ2n) is 6.36. The van der Waals surface area contributed by atoms with Crippen molar-refractivity contribution in [3.8, 4) is 11.5 Å². The van der Waals surface area contributed by atoms with Crippen molar-refractivity contribution in [3.63, 3.8) is 0 Å². The Hall–Kier alpha value is -2.20. The normalized spacial score (nSPS) is 17.9. The van der Waals surface area contributed by atoms with Gasteiger partial charge in [0, 0.05) is 18.3 Å². The molecule has 0 aromatic heterocycles. The van der Waals surface area contributed by atoms with Crippen LogP contribution in [-0.2, 0) is 19.4 Å². The molecule has 4 nitrogen and oxygen atoms in total. The van der Waals surface area contributed by atoms with E-state index in [2.05, 4.69) is 47.9 Å². The molecular weight excluding hydrogens is 288 g/mol. The van der Waals surface area contributed by atoms with E-state index < -0.39 is 0 Å². The minimum atomic E-state index is 0.331. The van der Waals surface area contributed by atoms with Gasteiger partial charge in [0.2, 0.25) is 6.79 Å². The largest absolute Gasteiger partial charge is 0.454 e. The molecule has 0 radical (unpaired) electrons. The summed E-state index contributed by atoms with van der Waals surface area (Å²) in [4.78, 5) is 0. The summed E-state index contributed by atoms with van der Waals surface area (Å²) in [7, 11) is 0. The van der Waals surface area contributed by atoms with Crippen LogP contribution in [0.15, 0.2) is 36.4 Å². The van der Waals surface area contributed by atoms with Crippen molar-refractivity contribution in [1.29, 1.82) is 0 Å². The van der Waals surface area contributed by atoms with Crippen LogP contribution in [0.5, 0.6) is 11.5 Å². The van der Waals surface area contributed by atoms with E-state index in [9.17, 15) is 0 Å². The molecule has 0 bridgehead atoms. The van der Waals surface area contributed by atoms with Gasteiger partial charge in [-0.05, 0) is 61.2 Å². The predicted molar refractivity (Wildman–Crippen MR) is 91.2 cm³/mol. The Balaban J connectivity index is 1.28. The van der Waals surface area contributed by atoms with Crippen LogP contribution < -0.4 is 20.1 Å². The molecule has 0 saturated carbocycles. The topological polar surface area (TPSA) is 42.5 Å². The average Bonchev–Trinajstić information content (AvgIpc) is 3.15. The van der Waals surface area contributed by atoms with Gasteiger partial charge >= 0.3 is 0 Å². The van der Waals surface area contributed by atoms with Crippen LogP contribution in [0.4, 0.5) is 5.69 Å². The first kappa shape index (κ1) is 14.4. The standard InChI is InChI=1S/C19H22N2O2/c1-13-8-16-9-14(2-4-17(16)21-13)6-7-20-11-15-3-5-18-19(10-15)23-12-22-18/h2-5,9-10,13,20-21H,6-8,11-12H2,1H3. The summed E-state index contributed by atoms with van der Waals surface area (Å²) < 4.78 is 10.7. The highest BCUT2D eigenvalue weighted by atomic mass is 16.7. The van der Waals surface area contributed by atoms with E-state index in [1.54, 1.807) is 0 Å². The minimum Gasteiger partial charge on any atom is -0.454 e. The smallest absolute Gasteiger partial charge is 0.231 e. The maximum absolute atomic E-state index is 5.41. The third-order valence-electron chi connectivity index (χ3n) is 4.45. The Morgan fingerprint density at radius 2 is 1.96 bits per heavy atom. The molecular formula is C19H22N2O2. The van der Waals surface area contributed by atoms with Crippen LogP contribution in [0, 0.1) is 0 Å². The first-order chi connectivity index (χ1) is 11.3. The van der Waals surface area contributed by atoms with E-state index >= 15 is 0 Å². The van der Waals surface area contributed by atoms with Gasteiger partial charge in [0.1, 0.15) is 0 Å². The van der Waals surface area contributed by atoms with Gasteiger partial charge in [-0.3, -0.25) is 0 Å². The van der Waals surface area contributed by atoms with Crippen molar-refractivity contribution in [2.75, 3.05) is 18.7 Å². The fourth-order valence-corrected chi connectivity index (χ4v) is 3.27. The van der Waals surface area contributed by atoms with Gasteiger partial charge < -0.3 is 20.1 Å². The number of fused-ring (bicyclic) bond motifs is 2. The number of hydrogen-bond donors (Lipinski definition) is 2. The van der Waals surface area contributed by atoms with E-state index in [1.165, 1.54) is 22.4 Å². The number of anilines is 1. The third kappa shape index (κ3) is 3.13. The van der Waals surface area contributed by atoms with E-state index in [1.807, 2.05) is 6.07 Å². The zero-order valence-corrected chi connectivity index (χ0v) is 13.4. The van der Waals surface area contributed by atoms with Gasteiger partial charge in [0.05, 0.1) is 0 Å². The molecule has 0 aliphatic carbocycles. The van der Waals surface area contributed by atoms with Gasteiger partial charge in [-0.1, -0.05) is 18.2 Å². The number of benzene rings is 2. The summed E-state index contributed by atoms with van der Waals surface area (Å²) in [6.45, 7) is 4.38. The second-order valence-corrected chi connectivity index (χ2v) is 6.36. The third-order valence-corrected chi connectivity index (χ3v) is 4.45. The van der Waals surface area contributed by atoms with Crippen LogP contribution in [0.1, 0.15) is 23.6 Å². The lowest BCUT2D eigenvalue weighted by molar-refractivity contribution is 0.174. The van der Waals surface area contributed by atoms with Gasteiger partial charge in [-0.25, -0.2) is 0 Å². The lowest BCUT2D eigenvalue weighted by Crippen LogP contribution is -2.16. The van der Waals surface area contributed by atoms with Crippen molar-refractivity contribution in [1.82, 2.24) is 5.32 Å². The Bertz CT molecular complexity index is 715. The maximum atomic E-state index is 5.41. The Morgan fingerprint density at radius 3 is 2.91 bits per heavy atom. The van der Waals surface area contributed by atoms with E-state index in [-0.39, 0.29) is 0 Å². The molecule has 2 aromatic rings. The molecule has 0 spiro atoms. The Kier molecular flexibility index (Phi) is 3.83. The van der Waals surface area contributed by atoms with Crippen LogP contribution in [0.2, 0.25) is 0 Å². The number of nitrogens with one attached hydrogen (secondary N) is 2. The summed E-state index contributed by atoms with van der Waals surface area (Å²) in [5.41, 5.74) is 5.37. The first-order valence-electron chi connectivity index (χ1n) is 8.25. The Morgan fingerprint density at radius 1 is 1.09 bits per heavy atom. The van der Waals surface area contributed by atoms with Gasteiger partial charge in [-0.15, -0.1) is 0 Å². The summed E-state index contributed by atoms with van der Waals surface area (Å²) in [6, 6.07) is 13.5. The number of rotatable bonds is 5. The zero-order chi connectivity index (χ0) is 15.6. The highest BCUT2D eigenvalue weighted by molar-refractivity contribution is 5.57. The molecule has 2 N–H and O–H groups in total. The van der Waals surface area contributed by atoms with Gasteiger partial charge in [0.15, 0.2) is 11.5 Å². The number of hydrogen-bond acceptors (Lipinski definition) is 4. The maximum Gasteiger partial charge on any atom is 0.231 e. The second kappa shape index (κ2) is 6.13. The van der Waals surface area contributed by atoms with Gasteiger partial charge in [-0.2, -0.15) is 0 Å². The molecule has 4 rings (SSSR count). The molecule has 2 aliphatic rings. The molecule has 2 aromatic carbocycles. The quantitative estimate of drug-likeness (QED) is 0.833. The first-order valence-corrected chi connectivity index (χ1v) is 8.25. The van der Waals surface area contributed by atoms with E-state index in [0.717, 1.165) is 37.4 Å². The highest BCUT2D eigenvalue weighted by Gasteiger charge is 2.16. The summed E-state index contributed by atoms with van der Waals surface area (Å²) in [5.74, 6) is 1.69. The molecule has 2 aliphatic heterocycles. The van der Waals surface area contributed by atoms with Crippen LogP contribution in [0.3, 0.4) is 0 Å². The lowest BCUT2D eigenvalue weighted by atomic mass is 10.0. The molecule has 1 atom stereocenters. The molecule has 0 fully saturated rings. The minimum absolute atomic E-state index is 0.331. The Labute approximate surface area is 136 Å². The predicted octanol–water partition coefficient (Wildman–Crippen LogP) is 3.10. The monoisotopic (exact) mass is 310 g/mol. The van der Waals surface area contributed by atoms with Crippen molar-refractivity contribution >= 4 is 5.69 Å². The summed E-state index contributed by atoms with van der Waals surface area (Å²) in [5, 5.41) is 7.00. The van der Waals surface area contributed by atoms with Crippen molar-refractivity contribution < 1.29 is 9.47 Å². The van der Waals surface area contributed by atoms with Crippen molar-refractivity contribution in [2.24, 2.45) is 0 Å². The summed E-state index contributed by atoms with van der Waals surface area (Å²) in [6.07, 6.45) is 2.18. The molecule has 1 unspecified atom stereocenters. The molecule has 23 heavy (non-hydrogen) atoms. The van der Waals surface area contributed by atoms with Crippen molar-refractivity contribution in [3.05, 3.63) is 53.1 Å². The molecule has 4 heteroatoms. The zero-order valence-electron chi connectivity index (χ0n) is 13.4. The van der Waals surface area contributed by atoms with E-state index in [0.29, 0.717) is 12.8 Å². The SMILES string of the molecule is CC1Cc2cc(CCNCc3ccc4c(c3)OCO4)ccc2N1. The van der Waals surface area contributed by atoms with Gasteiger partial charge in [0.25, 0.3) is 0 Å². The molecule has 120 valence electrons. The molecule has 0 saturated heterocycles. The lowest BCUT2D eigenvalue weighted by Gasteiger charge is -2.07. The fourth-order valence-electron chi connectivity index (χ4n) is 3.27. The van der Waals surface area contributed by atoms with Crippen LogP contribution in [-0.4, -0.2) is 19.4 Å². The molecule has 2 heterocycles. The summed E-state index contributed by atoms with van der Waals surface area (Å²) >= 11 is 0.